The molecule has 1 aliphatic heterocycles. The summed E-state index contributed by atoms with van der Waals surface area (Å²) in [6, 6.07) is 2.04. The number of aromatic nitrogens is 4. The van der Waals surface area contributed by atoms with E-state index in [1.807, 2.05) is 25.1 Å². The lowest BCUT2D eigenvalue weighted by Crippen LogP contribution is -2.34. The third kappa shape index (κ3) is 4.55. The molecule has 1 fully saturated rings. The van der Waals surface area contributed by atoms with E-state index < -0.39 is 0 Å². The molecule has 3 rings (SSSR count). The van der Waals surface area contributed by atoms with Gasteiger partial charge in [-0.2, -0.15) is 4.98 Å². The maximum absolute atomic E-state index is 5.46. The Kier molecular flexibility index (Phi) is 5.64. The predicted molar refractivity (Wildman–Crippen MR) is 104 cm³/mol. The molecular weight excluding hydrogens is 344 g/mol. The highest BCUT2D eigenvalue weighted by Crippen LogP contribution is 2.31. The summed E-state index contributed by atoms with van der Waals surface area (Å²) in [5.74, 6) is 3.48. The monoisotopic (exact) mass is 374 g/mol. The van der Waals surface area contributed by atoms with Gasteiger partial charge in [0.15, 0.2) is 0 Å². The molecule has 1 aliphatic rings. The van der Waals surface area contributed by atoms with Crippen LogP contribution in [0.3, 0.4) is 0 Å². The molecule has 1 saturated heterocycles. The zero-order chi connectivity index (χ0) is 19.6. The van der Waals surface area contributed by atoms with Crippen molar-refractivity contribution in [3.8, 4) is 0 Å². The summed E-state index contributed by atoms with van der Waals surface area (Å²) in [6.07, 6.45) is 1.92. The maximum Gasteiger partial charge on any atom is 0.265 e. The van der Waals surface area contributed by atoms with Crippen LogP contribution in [0.2, 0.25) is 0 Å². The van der Waals surface area contributed by atoms with E-state index in [2.05, 4.69) is 40.8 Å². The molecule has 0 atom stereocenters. The first kappa shape index (κ1) is 19.5. The van der Waals surface area contributed by atoms with E-state index in [0.29, 0.717) is 18.5 Å². The summed E-state index contributed by atoms with van der Waals surface area (Å²) in [5, 5.41) is 4.03. The molecule has 0 radical (unpaired) electrons. The van der Waals surface area contributed by atoms with Crippen LogP contribution in [0, 0.1) is 0 Å². The maximum atomic E-state index is 5.46. The first-order valence-corrected chi connectivity index (χ1v) is 9.41. The van der Waals surface area contributed by atoms with E-state index in [1.165, 1.54) is 0 Å². The van der Waals surface area contributed by atoms with Gasteiger partial charge < -0.3 is 19.1 Å². The summed E-state index contributed by atoms with van der Waals surface area (Å²) in [4.78, 5) is 18.2. The molecule has 0 bridgehead atoms. The van der Waals surface area contributed by atoms with E-state index >= 15 is 0 Å². The van der Waals surface area contributed by atoms with Crippen LogP contribution in [0.1, 0.15) is 56.9 Å². The second kappa shape index (κ2) is 7.80. The van der Waals surface area contributed by atoms with E-state index in [-0.39, 0.29) is 5.41 Å². The minimum atomic E-state index is -0.108. The minimum Gasteiger partial charge on any atom is -0.378 e. The lowest BCUT2D eigenvalue weighted by Gasteiger charge is -2.32. The summed E-state index contributed by atoms with van der Waals surface area (Å²) in [7, 11) is 5.52. The normalized spacial score (nSPS) is 16.0. The van der Waals surface area contributed by atoms with Gasteiger partial charge in [0.25, 0.3) is 5.95 Å². The standard InChI is InChI=1S/C19H30N6O2/c1-19(2,3)17-20-14(12-26-6)11-15(21-17)25-9-7-13(8-10-25)16-22-18(23-27-16)24(4)5/h11,13H,7-10,12H2,1-6H3. The lowest BCUT2D eigenvalue weighted by atomic mass is 9.95. The number of hydrogen-bond donors (Lipinski definition) is 0. The van der Waals surface area contributed by atoms with E-state index in [0.717, 1.165) is 49.2 Å². The first-order valence-electron chi connectivity index (χ1n) is 9.41. The Balaban J connectivity index is 1.74. The highest BCUT2D eigenvalue weighted by Gasteiger charge is 2.27. The fourth-order valence-electron chi connectivity index (χ4n) is 3.13. The topological polar surface area (TPSA) is 80.4 Å². The molecular formula is C19H30N6O2. The van der Waals surface area contributed by atoms with Gasteiger partial charge in [0.1, 0.15) is 11.6 Å². The van der Waals surface area contributed by atoms with Crippen molar-refractivity contribution in [2.75, 3.05) is 44.1 Å². The number of ether oxygens (including phenoxy) is 1. The Morgan fingerprint density at radius 1 is 1.19 bits per heavy atom. The van der Waals surface area contributed by atoms with Gasteiger partial charge in [0, 0.05) is 51.7 Å². The van der Waals surface area contributed by atoms with Crippen LogP contribution in [-0.4, -0.2) is 54.4 Å². The zero-order valence-corrected chi connectivity index (χ0v) is 17.2. The van der Waals surface area contributed by atoms with Gasteiger partial charge in [0.2, 0.25) is 5.89 Å². The molecule has 0 aromatic carbocycles. The quantitative estimate of drug-likeness (QED) is 0.790. The van der Waals surface area contributed by atoms with Gasteiger partial charge in [-0.3, -0.25) is 0 Å². The van der Waals surface area contributed by atoms with E-state index in [1.54, 1.807) is 7.11 Å². The SMILES string of the molecule is COCc1cc(N2CCC(c3nc(N(C)C)no3)CC2)nc(C(C)(C)C)n1. The first-order chi connectivity index (χ1) is 12.8. The van der Waals surface area contributed by atoms with Crippen LogP contribution in [0.4, 0.5) is 11.8 Å². The Labute approximate surface area is 160 Å². The molecule has 0 saturated carbocycles. The van der Waals surface area contributed by atoms with Gasteiger partial charge in [0.05, 0.1) is 12.3 Å². The average Bonchev–Trinajstić information content (AvgIpc) is 3.12. The molecule has 0 aliphatic carbocycles. The van der Waals surface area contributed by atoms with Crippen molar-refractivity contribution in [3.05, 3.63) is 23.5 Å². The number of hydrogen-bond acceptors (Lipinski definition) is 8. The number of piperidine rings is 1. The Morgan fingerprint density at radius 2 is 1.89 bits per heavy atom. The molecule has 3 heterocycles. The van der Waals surface area contributed by atoms with Gasteiger partial charge >= 0.3 is 0 Å². The Hall–Kier alpha value is -2.22. The fourth-order valence-corrected chi connectivity index (χ4v) is 3.13. The minimum absolute atomic E-state index is 0.108. The summed E-state index contributed by atoms with van der Waals surface area (Å²) in [5.41, 5.74) is 0.811. The molecule has 2 aromatic rings. The summed E-state index contributed by atoms with van der Waals surface area (Å²) >= 11 is 0. The zero-order valence-electron chi connectivity index (χ0n) is 17.2. The highest BCUT2D eigenvalue weighted by atomic mass is 16.5. The van der Waals surface area contributed by atoms with Gasteiger partial charge in [-0.1, -0.05) is 20.8 Å². The molecule has 0 unspecified atom stereocenters. The Bertz CT molecular complexity index is 760. The van der Waals surface area contributed by atoms with Crippen molar-refractivity contribution in [2.45, 2.75) is 51.6 Å². The van der Waals surface area contributed by atoms with Crippen LogP contribution in [0.25, 0.3) is 0 Å². The fraction of sp³-hybridized carbons (Fsp3) is 0.684. The second-order valence-corrected chi connectivity index (χ2v) is 8.31. The predicted octanol–water partition coefficient (Wildman–Crippen LogP) is 2.75. The van der Waals surface area contributed by atoms with Crippen LogP contribution < -0.4 is 9.80 Å². The average molecular weight is 374 g/mol. The molecule has 148 valence electrons. The molecule has 0 N–H and O–H groups in total. The summed E-state index contributed by atoms with van der Waals surface area (Å²) in [6.45, 7) is 8.69. The molecule has 27 heavy (non-hydrogen) atoms. The largest absolute Gasteiger partial charge is 0.378 e. The van der Waals surface area contributed by atoms with Gasteiger partial charge in [-0.25, -0.2) is 9.97 Å². The number of rotatable bonds is 5. The molecule has 2 aromatic heterocycles. The van der Waals surface area contributed by atoms with Crippen molar-refractivity contribution < 1.29 is 9.26 Å². The van der Waals surface area contributed by atoms with E-state index in [9.17, 15) is 0 Å². The Morgan fingerprint density at radius 3 is 2.44 bits per heavy atom. The molecule has 0 spiro atoms. The third-order valence-electron chi connectivity index (χ3n) is 4.73. The number of methoxy groups -OCH3 is 1. The van der Waals surface area contributed by atoms with Gasteiger partial charge in [-0.15, -0.1) is 0 Å². The molecule has 0 amide bonds. The van der Waals surface area contributed by atoms with Crippen LogP contribution in [0.5, 0.6) is 0 Å². The third-order valence-corrected chi connectivity index (χ3v) is 4.73. The van der Waals surface area contributed by atoms with Crippen LogP contribution in [-0.2, 0) is 16.8 Å². The van der Waals surface area contributed by atoms with Crippen molar-refractivity contribution >= 4 is 11.8 Å². The van der Waals surface area contributed by atoms with Crippen molar-refractivity contribution in [2.24, 2.45) is 0 Å². The number of anilines is 2. The highest BCUT2D eigenvalue weighted by molar-refractivity contribution is 5.41. The van der Waals surface area contributed by atoms with Crippen molar-refractivity contribution in [3.63, 3.8) is 0 Å². The van der Waals surface area contributed by atoms with Crippen molar-refractivity contribution in [1.29, 1.82) is 0 Å². The smallest absolute Gasteiger partial charge is 0.265 e. The van der Waals surface area contributed by atoms with Gasteiger partial charge in [-0.05, 0) is 18.0 Å². The van der Waals surface area contributed by atoms with E-state index in [4.69, 9.17) is 14.2 Å². The summed E-state index contributed by atoms with van der Waals surface area (Å²) < 4.78 is 10.8. The van der Waals surface area contributed by atoms with Crippen LogP contribution in [0.15, 0.2) is 10.6 Å². The second-order valence-electron chi connectivity index (χ2n) is 8.31. The van der Waals surface area contributed by atoms with Crippen LogP contribution >= 0.6 is 0 Å². The molecule has 8 heteroatoms. The lowest BCUT2D eigenvalue weighted by molar-refractivity contribution is 0.181. The van der Waals surface area contributed by atoms with Crippen molar-refractivity contribution in [1.82, 2.24) is 20.1 Å². The molecule has 8 nitrogen and oxygen atoms in total. The number of nitrogens with zero attached hydrogens (tertiary/aromatic N) is 6.